The number of aliphatic hydroxyl groups is 5. The van der Waals surface area contributed by atoms with Gasteiger partial charge in [-0.1, -0.05) is 0 Å². The van der Waals surface area contributed by atoms with Crippen LogP contribution in [0.4, 0.5) is 0 Å². The Morgan fingerprint density at radius 3 is 2.00 bits per heavy atom. The normalized spacial score (nSPS) is 22.6. The van der Waals surface area contributed by atoms with Gasteiger partial charge in [-0.3, -0.25) is 10.5 Å². The van der Waals surface area contributed by atoms with Crippen LogP contribution in [0.25, 0.3) is 0 Å². The van der Waals surface area contributed by atoms with Gasteiger partial charge in [-0.2, -0.15) is 0 Å². The van der Waals surface area contributed by atoms with Gasteiger partial charge >= 0.3 is 5.97 Å². The first kappa shape index (κ1) is 14.9. The van der Waals surface area contributed by atoms with Crippen molar-refractivity contribution in [2.45, 2.75) is 23.5 Å². The minimum absolute atomic E-state index is 0.347. The van der Waals surface area contributed by atoms with E-state index in [9.17, 15) is 24.9 Å². The molecule has 4 atom stereocenters. The molecule has 0 bridgehead atoms. The van der Waals surface area contributed by atoms with Crippen LogP contribution in [-0.4, -0.2) is 73.0 Å². The molecule has 0 amide bonds. The average molecular weight is 239 g/mol. The van der Waals surface area contributed by atoms with E-state index in [1.807, 2.05) is 0 Å². The van der Waals surface area contributed by atoms with Crippen LogP contribution in [-0.2, 0) is 9.59 Å². The highest BCUT2D eigenvalue weighted by Gasteiger charge is 2.51. The molecule has 16 heavy (non-hydrogen) atoms. The lowest BCUT2D eigenvalue weighted by Gasteiger charge is -2.34. The van der Waals surface area contributed by atoms with Crippen molar-refractivity contribution < 1.29 is 40.2 Å². The van der Waals surface area contributed by atoms with E-state index in [1.165, 1.54) is 0 Å². The van der Waals surface area contributed by atoms with Gasteiger partial charge in [-0.15, -0.1) is 0 Å². The van der Waals surface area contributed by atoms with E-state index < -0.39 is 36.1 Å². The number of carboxylic acid groups (broad SMARTS) is 1. The molecule has 0 aromatic carbocycles. The second-order valence-corrected chi connectivity index (χ2v) is 3.28. The SMILES string of the molecule is N[C@](O)(C=O)C(O)C(O)C(O)(CO)C(=O)O. The maximum absolute atomic E-state index is 10.5. The summed E-state index contributed by atoms with van der Waals surface area (Å²) >= 11 is 0. The number of nitrogens with two attached hydrogens (primary N) is 1. The fraction of sp³-hybridized carbons (Fsp3) is 0.714. The molecule has 0 aliphatic heterocycles. The van der Waals surface area contributed by atoms with Gasteiger partial charge in [0.05, 0.1) is 6.61 Å². The van der Waals surface area contributed by atoms with Crippen molar-refractivity contribution in [3.8, 4) is 0 Å². The van der Waals surface area contributed by atoms with Crippen LogP contribution in [0.5, 0.6) is 0 Å². The molecule has 0 saturated carbocycles. The van der Waals surface area contributed by atoms with Gasteiger partial charge in [0.15, 0.2) is 12.0 Å². The van der Waals surface area contributed by atoms with Crippen LogP contribution in [0.2, 0.25) is 0 Å². The zero-order valence-electron chi connectivity index (χ0n) is 8.02. The van der Waals surface area contributed by atoms with Gasteiger partial charge in [-0.25, -0.2) is 4.79 Å². The monoisotopic (exact) mass is 239 g/mol. The number of aldehydes is 1. The average Bonchev–Trinajstić information content (AvgIpc) is 2.25. The molecule has 9 heteroatoms. The van der Waals surface area contributed by atoms with Crippen molar-refractivity contribution in [3.05, 3.63) is 0 Å². The summed E-state index contributed by atoms with van der Waals surface area (Å²) in [5, 5.41) is 53.8. The third-order valence-electron chi connectivity index (χ3n) is 2.06. The molecule has 8 N–H and O–H groups in total. The summed E-state index contributed by atoms with van der Waals surface area (Å²) in [5.74, 6) is -2.05. The van der Waals surface area contributed by atoms with Crippen molar-refractivity contribution in [1.82, 2.24) is 0 Å². The summed E-state index contributed by atoms with van der Waals surface area (Å²) in [7, 11) is 0. The second-order valence-electron chi connectivity index (χ2n) is 3.28. The lowest BCUT2D eigenvalue weighted by atomic mass is 9.89. The summed E-state index contributed by atoms with van der Waals surface area (Å²) in [6, 6.07) is 0. The maximum atomic E-state index is 10.5. The Kier molecular flexibility index (Phi) is 4.49. The van der Waals surface area contributed by atoms with Gasteiger partial charge < -0.3 is 30.6 Å². The molecule has 0 radical (unpaired) electrons. The molecule has 0 aromatic rings. The molecule has 0 fully saturated rings. The summed E-state index contributed by atoms with van der Waals surface area (Å²) in [6.45, 7) is -1.45. The Balaban J connectivity index is 5.11. The lowest BCUT2D eigenvalue weighted by Crippen LogP contribution is -2.66. The molecule has 0 saturated heterocycles. The largest absolute Gasteiger partial charge is 0.479 e. The number of hydrogen-bond donors (Lipinski definition) is 7. The summed E-state index contributed by atoms with van der Waals surface area (Å²) in [6.07, 6.45) is -5.39. The third-order valence-corrected chi connectivity index (χ3v) is 2.06. The molecule has 0 spiro atoms. The highest BCUT2D eigenvalue weighted by atomic mass is 16.4. The Bertz CT molecular complexity index is 280. The van der Waals surface area contributed by atoms with Crippen molar-refractivity contribution in [2.75, 3.05) is 6.61 Å². The third kappa shape index (κ3) is 2.52. The first-order valence-electron chi connectivity index (χ1n) is 4.03. The van der Waals surface area contributed by atoms with Crippen LogP contribution in [0.15, 0.2) is 0 Å². The fourth-order valence-electron chi connectivity index (χ4n) is 0.871. The summed E-state index contributed by atoms with van der Waals surface area (Å²) in [5.41, 5.74) is -1.29. The number of carbonyl (C=O) groups is 2. The molecule has 94 valence electrons. The van der Waals surface area contributed by atoms with Gasteiger partial charge in [0.2, 0.25) is 5.60 Å². The molecule has 9 nitrogen and oxygen atoms in total. The minimum atomic E-state index is -3.14. The van der Waals surface area contributed by atoms with Crippen molar-refractivity contribution in [3.63, 3.8) is 0 Å². The van der Waals surface area contributed by atoms with E-state index in [4.69, 9.17) is 21.1 Å². The highest BCUT2D eigenvalue weighted by Crippen LogP contribution is 2.18. The number of carboxylic acids is 1. The zero-order chi connectivity index (χ0) is 13.1. The molecule has 0 aliphatic rings. The molecular formula is C7H13NO8. The lowest BCUT2D eigenvalue weighted by molar-refractivity contribution is -0.206. The number of aliphatic carboxylic acids is 1. The number of hydrogen-bond acceptors (Lipinski definition) is 8. The van der Waals surface area contributed by atoms with E-state index in [2.05, 4.69) is 0 Å². The summed E-state index contributed by atoms with van der Waals surface area (Å²) in [4.78, 5) is 20.7. The maximum Gasteiger partial charge on any atom is 0.341 e. The Morgan fingerprint density at radius 1 is 1.31 bits per heavy atom. The summed E-state index contributed by atoms with van der Waals surface area (Å²) < 4.78 is 0. The Hall–Kier alpha value is -1.10. The topological polar surface area (TPSA) is 182 Å². The van der Waals surface area contributed by atoms with Crippen LogP contribution in [0.1, 0.15) is 0 Å². The molecule has 0 aliphatic carbocycles. The van der Waals surface area contributed by atoms with Gasteiger partial charge in [-0.05, 0) is 0 Å². The Labute approximate surface area is 89.4 Å². The van der Waals surface area contributed by atoms with E-state index >= 15 is 0 Å². The quantitative estimate of drug-likeness (QED) is 0.177. The van der Waals surface area contributed by atoms with E-state index in [0.29, 0.717) is 0 Å². The van der Waals surface area contributed by atoms with Crippen molar-refractivity contribution >= 4 is 12.3 Å². The van der Waals surface area contributed by atoms with Crippen LogP contribution >= 0.6 is 0 Å². The molecule has 0 heterocycles. The minimum Gasteiger partial charge on any atom is -0.479 e. The second kappa shape index (κ2) is 4.82. The molecular weight excluding hydrogens is 226 g/mol. The van der Waals surface area contributed by atoms with E-state index in [1.54, 1.807) is 0 Å². The fourth-order valence-corrected chi connectivity index (χ4v) is 0.871. The van der Waals surface area contributed by atoms with E-state index in [-0.39, 0.29) is 6.29 Å². The number of rotatable bonds is 6. The number of carbonyl (C=O) groups excluding carboxylic acids is 1. The van der Waals surface area contributed by atoms with Gasteiger partial charge in [0, 0.05) is 0 Å². The standard InChI is InChI=1S/C7H13NO8/c8-7(16,2-10)4(12)3(11)6(15,1-9)5(13)14/h2-4,9,11-12,15-16H,1,8H2,(H,13,14)/t3?,4?,6?,7-/m0/s1. The van der Waals surface area contributed by atoms with Crippen LogP contribution in [0.3, 0.4) is 0 Å². The molecule has 3 unspecified atom stereocenters. The van der Waals surface area contributed by atoms with Gasteiger partial charge in [0.1, 0.15) is 12.2 Å². The van der Waals surface area contributed by atoms with Crippen LogP contribution < -0.4 is 5.73 Å². The zero-order valence-corrected chi connectivity index (χ0v) is 8.02. The van der Waals surface area contributed by atoms with Crippen molar-refractivity contribution in [1.29, 1.82) is 0 Å². The van der Waals surface area contributed by atoms with Gasteiger partial charge in [0.25, 0.3) is 0 Å². The first-order chi connectivity index (χ1) is 7.13. The Morgan fingerprint density at radius 2 is 1.75 bits per heavy atom. The molecule has 0 aromatic heterocycles. The predicted molar refractivity (Wildman–Crippen MR) is 46.9 cm³/mol. The van der Waals surface area contributed by atoms with Crippen molar-refractivity contribution in [2.24, 2.45) is 5.73 Å². The first-order valence-corrected chi connectivity index (χ1v) is 4.03. The van der Waals surface area contributed by atoms with Crippen LogP contribution in [0, 0.1) is 0 Å². The van der Waals surface area contributed by atoms with E-state index in [0.717, 1.165) is 0 Å². The number of aliphatic hydroxyl groups excluding tert-OH is 3. The predicted octanol–water partition coefficient (Wildman–Crippen LogP) is -4.64. The molecule has 0 rings (SSSR count). The highest BCUT2D eigenvalue weighted by molar-refractivity contribution is 5.78. The smallest absolute Gasteiger partial charge is 0.341 e.